The summed E-state index contributed by atoms with van der Waals surface area (Å²) < 4.78 is 0. The summed E-state index contributed by atoms with van der Waals surface area (Å²) in [4.78, 5) is 0. The van der Waals surface area contributed by atoms with Crippen LogP contribution in [0.4, 0.5) is 0 Å². The predicted molar refractivity (Wildman–Crippen MR) is 70.5 cm³/mol. The van der Waals surface area contributed by atoms with Crippen LogP contribution in [0.1, 0.15) is 45.4 Å². The van der Waals surface area contributed by atoms with Crippen molar-refractivity contribution in [3.63, 3.8) is 0 Å². The lowest BCUT2D eigenvalue weighted by Crippen LogP contribution is -2.01. The van der Waals surface area contributed by atoms with Gasteiger partial charge in [-0.2, -0.15) is 0 Å². The minimum absolute atomic E-state index is 0. The lowest BCUT2D eigenvalue weighted by Gasteiger charge is -2.15. The number of hydrogen-bond acceptors (Lipinski definition) is 0. The van der Waals surface area contributed by atoms with Crippen molar-refractivity contribution in [3.8, 4) is 0 Å². The molecule has 2 fully saturated rings. The number of unbranched alkanes of at least 4 members (excludes halogenated alkanes) is 1. The Bertz CT molecular complexity index is 164. The first-order chi connectivity index (χ1) is 6.35. The molecule has 2 heteroatoms. The highest BCUT2D eigenvalue weighted by Crippen LogP contribution is 2.69. The van der Waals surface area contributed by atoms with Crippen LogP contribution in [0.25, 0.3) is 0 Å². The van der Waals surface area contributed by atoms with Crippen LogP contribution in [0.15, 0.2) is 0 Å². The molecule has 2 aliphatic heterocycles. The normalized spacial score (nSPS) is 29.4. The number of rotatable bonds is 3. The lowest BCUT2D eigenvalue weighted by molar-refractivity contribution is 0.517. The van der Waals surface area contributed by atoms with Gasteiger partial charge in [0, 0.05) is 7.26 Å². The van der Waals surface area contributed by atoms with Crippen molar-refractivity contribution in [2.24, 2.45) is 5.92 Å². The number of halogens is 1. The van der Waals surface area contributed by atoms with Crippen LogP contribution in [-0.2, 0) is 0 Å². The molecule has 14 heavy (non-hydrogen) atoms. The molecule has 2 aliphatic rings. The summed E-state index contributed by atoms with van der Waals surface area (Å²) in [5.41, 5.74) is 0. The third kappa shape index (κ3) is 2.86. The van der Waals surface area contributed by atoms with E-state index in [4.69, 9.17) is 0 Å². The first-order valence-electron chi connectivity index (χ1n) is 6.20. The molecule has 2 heterocycles. The summed E-state index contributed by atoms with van der Waals surface area (Å²) in [5.74, 6) is 1.16. The third-order valence-corrected chi connectivity index (χ3v) is 9.17. The van der Waals surface area contributed by atoms with E-state index in [0.29, 0.717) is 0 Å². The van der Waals surface area contributed by atoms with Crippen LogP contribution in [0.3, 0.4) is 0 Å². The molecule has 0 amide bonds. The summed E-state index contributed by atoms with van der Waals surface area (Å²) in [6.45, 7) is 2.33. The van der Waals surface area contributed by atoms with Crippen molar-refractivity contribution in [1.29, 1.82) is 0 Å². The minimum Gasteiger partial charge on any atom is -0.147 e. The number of hydrogen-bond donors (Lipinski definition) is 0. The topological polar surface area (TPSA) is 0 Å². The molecule has 2 saturated heterocycles. The van der Waals surface area contributed by atoms with Crippen LogP contribution in [0.2, 0.25) is 0 Å². The average Bonchev–Trinajstić information content (AvgIpc) is 2.74. The van der Waals surface area contributed by atoms with Gasteiger partial charge in [0.05, 0.1) is 24.6 Å². The quantitative estimate of drug-likeness (QED) is 0.635. The van der Waals surface area contributed by atoms with Crippen LogP contribution in [0, 0.1) is 5.92 Å². The fourth-order valence-electron chi connectivity index (χ4n) is 3.33. The fourth-order valence-corrected chi connectivity index (χ4v) is 8.71. The Kier molecular flexibility index (Phi) is 5.21. The van der Waals surface area contributed by atoms with E-state index < -0.39 is 0 Å². The highest BCUT2D eigenvalue weighted by atomic mass is 35.5. The van der Waals surface area contributed by atoms with Gasteiger partial charge >= 0.3 is 0 Å². The fraction of sp³-hybridized carbons (Fsp3) is 1.00. The van der Waals surface area contributed by atoms with Gasteiger partial charge in [-0.25, -0.2) is 0 Å². The van der Waals surface area contributed by atoms with E-state index in [-0.39, 0.29) is 19.7 Å². The van der Waals surface area contributed by atoms with Crippen LogP contribution in [0.5, 0.6) is 0 Å². The van der Waals surface area contributed by atoms with Gasteiger partial charge in [-0.3, -0.25) is 0 Å². The van der Waals surface area contributed by atoms with Crippen molar-refractivity contribution in [1.82, 2.24) is 0 Å². The first kappa shape index (κ1) is 12.8. The Morgan fingerprint density at radius 3 is 2.50 bits per heavy atom. The first-order valence-corrected chi connectivity index (χ1v) is 8.73. The van der Waals surface area contributed by atoms with Gasteiger partial charge in [-0.1, -0.05) is 19.8 Å². The van der Waals surface area contributed by atoms with Crippen molar-refractivity contribution in [3.05, 3.63) is 0 Å². The summed E-state index contributed by atoms with van der Waals surface area (Å²) >= 11 is 0. The summed E-state index contributed by atoms with van der Waals surface area (Å²) in [5, 5.41) is 0. The molecule has 1 atom stereocenters. The van der Waals surface area contributed by atoms with E-state index in [9.17, 15) is 0 Å². The summed E-state index contributed by atoms with van der Waals surface area (Å²) in [7, 11) is -0.294. The van der Waals surface area contributed by atoms with Crippen molar-refractivity contribution < 1.29 is 0 Å². The zero-order chi connectivity index (χ0) is 9.15. The molecule has 1 spiro atoms. The van der Waals surface area contributed by atoms with Crippen LogP contribution >= 0.6 is 19.7 Å². The zero-order valence-corrected chi connectivity index (χ0v) is 11.2. The zero-order valence-electron chi connectivity index (χ0n) is 9.50. The van der Waals surface area contributed by atoms with Crippen LogP contribution < -0.4 is 0 Å². The molecule has 1 unspecified atom stereocenters. The minimum atomic E-state index is -0.294. The van der Waals surface area contributed by atoms with Crippen molar-refractivity contribution in [2.45, 2.75) is 45.4 Å². The van der Waals surface area contributed by atoms with Gasteiger partial charge in [-0.15, -0.1) is 12.4 Å². The Morgan fingerprint density at radius 2 is 1.86 bits per heavy atom. The van der Waals surface area contributed by atoms with Crippen LogP contribution in [-0.4, -0.2) is 24.6 Å². The molecule has 0 aromatic carbocycles. The molecule has 0 saturated carbocycles. The van der Waals surface area contributed by atoms with Gasteiger partial charge in [-0.05, 0) is 31.6 Å². The molecule has 0 nitrogen and oxygen atoms in total. The van der Waals surface area contributed by atoms with Gasteiger partial charge in [0.1, 0.15) is 0 Å². The monoisotopic (exact) mass is 235 g/mol. The molecule has 0 aromatic heterocycles. The smallest absolute Gasteiger partial charge is 0.0623 e. The lowest BCUT2D eigenvalue weighted by atomic mass is 10.0. The second-order valence-electron chi connectivity index (χ2n) is 5.20. The molecule has 84 valence electrons. The summed E-state index contributed by atoms with van der Waals surface area (Å²) in [6.07, 6.45) is 15.9. The Balaban J connectivity index is 0.000000980. The molecule has 0 aliphatic carbocycles. The summed E-state index contributed by atoms with van der Waals surface area (Å²) in [6, 6.07) is 0. The molecular weight excluding hydrogens is 211 g/mol. The van der Waals surface area contributed by atoms with E-state index >= 15 is 0 Å². The molecule has 0 radical (unpaired) electrons. The van der Waals surface area contributed by atoms with Gasteiger partial charge in [0.15, 0.2) is 0 Å². The Labute approximate surface area is 96.0 Å². The largest absolute Gasteiger partial charge is 0.147 e. The van der Waals surface area contributed by atoms with E-state index in [1.54, 1.807) is 50.3 Å². The van der Waals surface area contributed by atoms with Crippen molar-refractivity contribution >= 4 is 19.7 Å². The van der Waals surface area contributed by atoms with E-state index in [0.717, 1.165) is 5.92 Å². The highest BCUT2D eigenvalue weighted by molar-refractivity contribution is 7.76. The standard InChI is InChI=1S/C12H24P.ClH/c1-2-3-6-12-7-10-13(11-12)8-4-5-9-13;/h12H,2-11H2,1H3;1H/q+1;. The van der Waals surface area contributed by atoms with Gasteiger partial charge in [0.2, 0.25) is 0 Å². The maximum Gasteiger partial charge on any atom is 0.0623 e. The van der Waals surface area contributed by atoms with Gasteiger partial charge in [0.25, 0.3) is 0 Å². The van der Waals surface area contributed by atoms with E-state index in [2.05, 4.69) is 6.92 Å². The molecule has 0 N–H and O–H groups in total. The van der Waals surface area contributed by atoms with E-state index in [1.165, 1.54) is 12.8 Å². The maximum absolute atomic E-state index is 2.33. The third-order valence-electron chi connectivity index (χ3n) is 4.14. The molecule has 2 rings (SSSR count). The second-order valence-corrected chi connectivity index (χ2v) is 9.59. The van der Waals surface area contributed by atoms with Crippen molar-refractivity contribution in [2.75, 3.05) is 24.6 Å². The molecular formula is C12H25ClP+. The maximum atomic E-state index is 2.33. The predicted octanol–water partition coefficient (Wildman–Crippen LogP) is 4.43. The molecule has 0 bridgehead atoms. The highest BCUT2D eigenvalue weighted by Gasteiger charge is 2.46. The Hall–Kier alpha value is 0.720. The molecule has 0 aromatic rings. The second kappa shape index (κ2) is 5.71. The average molecular weight is 236 g/mol. The Morgan fingerprint density at radius 1 is 1.14 bits per heavy atom. The van der Waals surface area contributed by atoms with Gasteiger partial charge < -0.3 is 0 Å². The SMILES string of the molecule is CCCCC1CC[P+]2(CCCC2)C1.Cl. The van der Waals surface area contributed by atoms with E-state index in [1.807, 2.05) is 0 Å².